The standard InChI is InChI=1S/C30H46N4O5/c1-5-18-31-26(36)23-24-28(38)34(19-10-8-9-11-20-35)25(30(24)17-16-29(23,4)39-30)27(37)32-21-12-14-22(15-13-21)33(6-2)7-3/h12-15,23-25,35H,5-11,16-20H2,1-4H3,(H,31,36)(H,32,37)/t23-,24-,25?,29+,30?/m0/s1. The van der Waals surface area contributed by atoms with Crippen LogP contribution < -0.4 is 15.5 Å². The van der Waals surface area contributed by atoms with Crippen molar-refractivity contribution >= 4 is 29.1 Å². The summed E-state index contributed by atoms with van der Waals surface area (Å²) in [6.45, 7) is 11.0. The van der Waals surface area contributed by atoms with E-state index in [0.29, 0.717) is 31.6 Å². The first kappa shape index (κ1) is 29.3. The van der Waals surface area contributed by atoms with Crippen LogP contribution in [-0.4, -0.2) is 77.8 Å². The number of likely N-dealkylation sites (tertiary alicyclic amines) is 1. The molecular weight excluding hydrogens is 496 g/mol. The van der Waals surface area contributed by atoms with Crippen molar-refractivity contribution in [2.24, 2.45) is 11.8 Å². The maximum Gasteiger partial charge on any atom is 0.250 e. The molecule has 2 unspecified atom stereocenters. The third kappa shape index (κ3) is 5.40. The van der Waals surface area contributed by atoms with Gasteiger partial charge in [0.25, 0.3) is 0 Å². The fourth-order valence-corrected chi connectivity index (χ4v) is 7.03. The Morgan fingerprint density at radius 1 is 1.05 bits per heavy atom. The summed E-state index contributed by atoms with van der Waals surface area (Å²) in [6, 6.07) is 6.98. The van der Waals surface area contributed by atoms with E-state index < -0.39 is 29.1 Å². The van der Waals surface area contributed by atoms with Crippen LogP contribution in [0.25, 0.3) is 0 Å². The largest absolute Gasteiger partial charge is 0.396 e. The van der Waals surface area contributed by atoms with Crippen LogP contribution in [0.4, 0.5) is 11.4 Å². The number of aliphatic hydroxyl groups is 1. The molecule has 1 spiro atoms. The van der Waals surface area contributed by atoms with Gasteiger partial charge in [0, 0.05) is 44.2 Å². The minimum absolute atomic E-state index is 0.146. The third-order valence-corrected chi connectivity index (χ3v) is 8.93. The smallest absolute Gasteiger partial charge is 0.250 e. The summed E-state index contributed by atoms with van der Waals surface area (Å²) >= 11 is 0. The average molecular weight is 543 g/mol. The molecule has 3 aliphatic rings. The molecule has 3 N–H and O–H groups in total. The van der Waals surface area contributed by atoms with E-state index in [1.807, 2.05) is 38.1 Å². The Hall–Kier alpha value is -2.65. The molecule has 2 bridgehead atoms. The molecule has 5 atom stereocenters. The zero-order valence-electron chi connectivity index (χ0n) is 24.0. The number of fused-ring (bicyclic) bond motifs is 1. The average Bonchev–Trinajstić information content (AvgIpc) is 3.49. The molecule has 216 valence electrons. The lowest BCUT2D eigenvalue weighted by Gasteiger charge is -2.33. The molecule has 3 saturated heterocycles. The van der Waals surface area contributed by atoms with Crippen LogP contribution in [0.15, 0.2) is 24.3 Å². The maximum atomic E-state index is 14.0. The summed E-state index contributed by atoms with van der Waals surface area (Å²) in [6.07, 6.45) is 5.15. The fraction of sp³-hybridized carbons (Fsp3) is 0.700. The molecule has 3 amide bonds. The number of hydrogen-bond donors (Lipinski definition) is 3. The Balaban J connectivity index is 1.60. The number of unbranched alkanes of at least 4 members (excludes halogenated alkanes) is 3. The van der Waals surface area contributed by atoms with Gasteiger partial charge in [0.1, 0.15) is 11.6 Å². The topological polar surface area (TPSA) is 111 Å². The highest BCUT2D eigenvalue weighted by Gasteiger charge is 2.77. The number of hydrogen-bond acceptors (Lipinski definition) is 6. The fourth-order valence-electron chi connectivity index (χ4n) is 7.03. The van der Waals surface area contributed by atoms with E-state index in [9.17, 15) is 14.4 Å². The number of carbonyl (C=O) groups is 3. The first-order chi connectivity index (χ1) is 18.8. The van der Waals surface area contributed by atoms with Gasteiger partial charge in [0.2, 0.25) is 17.7 Å². The molecular formula is C30H46N4O5. The van der Waals surface area contributed by atoms with Crippen molar-refractivity contribution < 1.29 is 24.2 Å². The lowest BCUT2D eigenvalue weighted by Crippen LogP contribution is -2.53. The molecule has 1 aromatic carbocycles. The lowest BCUT2D eigenvalue weighted by atomic mass is 9.66. The SMILES string of the molecule is CCCNC(=O)[C@@H]1[C@H]2C(=O)N(CCCCCCO)C(C(=O)Nc3ccc(N(CC)CC)cc3)C23CC[C@@]1(C)O3. The van der Waals surface area contributed by atoms with Gasteiger partial charge in [-0.05, 0) is 77.1 Å². The van der Waals surface area contributed by atoms with Gasteiger partial charge in [0.05, 0.1) is 17.4 Å². The van der Waals surface area contributed by atoms with E-state index >= 15 is 0 Å². The van der Waals surface area contributed by atoms with Gasteiger partial charge in [-0.15, -0.1) is 0 Å². The molecule has 0 radical (unpaired) electrons. The van der Waals surface area contributed by atoms with E-state index in [0.717, 1.165) is 50.9 Å². The Labute approximate surface area is 232 Å². The van der Waals surface area contributed by atoms with E-state index in [1.54, 1.807) is 4.90 Å². The molecule has 0 aliphatic carbocycles. The Morgan fingerprint density at radius 2 is 1.74 bits per heavy atom. The van der Waals surface area contributed by atoms with Crippen molar-refractivity contribution in [1.82, 2.24) is 10.2 Å². The van der Waals surface area contributed by atoms with Gasteiger partial charge < -0.3 is 30.3 Å². The number of amides is 3. The summed E-state index contributed by atoms with van der Waals surface area (Å²) in [4.78, 5) is 45.2. The number of benzene rings is 1. The number of ether oxygens (including phenoxy) is 1. The number of carbonyl (C=O) groups excluding carboxylic acids is 3. The predicted molar refractivity (Wildman–Crippen MR) is 151 cm³/mol. The molecule has 4 rings (SSSR count). The highest BCUT2D eigenvalue weighted by Crippen LogP contribution is 2.63. The molecule has 3 aliphatic heterocycles. The summed E-state index contributed by atoms with van der Waals surface area (Å²) in [5.41, 5.74) is -0.0305. The van der Waals surface area contributed by atoms with Gasteiger partial charge in [-0.25, -0.2) is 0 Å². The minimum Gasteiger partial charge on any atom is -0.396 e. The Kier molecular flexibility index (Phi) is 9.21. The van der Waals surface area contributed by atoms with Gasteiger partial charge in [-0.3, -0.25) is 14.4 Å². The van der Waals surface area contributed by atoms with Crippen LogP contribution in [0.1, 0.15) is 72.6 Å². The number of anilines is 2. The molecule has 0 saturated carbocycles. The molecule has 39 heavy (non-hydrogen) atoms. The van der Waals surface area contributed by atoms with Crippen LogP contribution in [0, 0.1) is 11.8 Å². The molecule has 3 fully saturated rings. The number of rotatable bonds is 14. The van der Waals surface area contributed by atoms with Crippen molar-refractivity contribution in [2.75, 3.05) is 43.0 Å². The zero-order chi connectivity index (χ0) is 28.2. The van der Waals surface area contributed by atoms with Crippen molar-refractivity contribution in [3.05, 3.63) is 24.3 Å². The van der Waals surface area contributed by atoms with Crippen molar-refractivity contribution in [3.8, 4) is 0 Å². The van der Waals surface area contributed by atoms with E-state index in [1.165, 1.54) is 0 Å². The quantitative estimate of drug-likeness (QED) is 0.311. The monoisotopic (exact) mass is 542 g/mol. The Morgan fingerprint density at radius 3 is 2.38 bits per heavy atom. The zero-order valence-corrected chi connectivity index (χ0v) is 24.0. The summed E-state index contributed by atoms with van der Waals surface area (Å²) in [5, 5.41) is 15.2. The Bertz CT molecular complexity index is 1030. The first-order valence-electron chi connectivity index (χ1n) is 14.8. The molecule has 1 aromatic rings. The predicted octanol–water partition coefficient (Wildman–Crippen LogP) is 3.31. The maximum absolute atomic E-state index is 14.0. The van der Waals surface area contributed by atoms with Crippen molar-refractivity contribution in [3.63, 3.8) is 0 Å². The number of nitrogens with zero attached hydrogens (tertiary/aromatic N) is 2. The van der Waals surface area contributed by atoms with Crippen molar-refractivity contribution in [2.45, 2.75) is 89.9 Å². The summed E-state index contributed by atoms with van der Waals surface area (Å²) < 4.78 is 6.66. The number of nitrogens with one attached hydrogen (secondary N) is 2. The minimum atomic E-state index is -1.02. The normalized spacial score (nSPS) is 29.0. The molecule has 0 aromatic heterocycles. The van der Waals surface area contributed by atoms with Gasteiger partial charge in [0.15, 0.2) is 0 Å². The van der Waals surface area contributed by atoms with Crippen LogP contribution in [0.5, 0.6) is 0 Å². The van der Waals surface area contributed by atoms with Gasteiger partial charge in [-0.1, -0.05) is 19.8 Å². The highest BCUT2D eigenvalue weighted by molar-refractivity contribution is 6.03. The molecule has 9 heteroatoms. The second-order valence-corrected chi connectivity index (χ2v) is 11.4. The molecule has 9 nitrogen and oxygen atoms in total. The van der Waals surface area contributed by atoms with Crippen molar-refractivity contribution in [1.29, 1.82) is 0 Å². The summed E-state index contributed by atoms with van der Waals surface area (Å²) in [5.74, 6) is -1.88. The lowest BCUT2D eigenvalue weighted by molar-refractivity contribution is -0.144. The second-order valence-electron chi connectivity index (χ2n) is 11.4. The highest BCUT2D eigenvalue weighted by atomic mass is 16.5. The first-order valence-corrected chi connectivity index (χ1v) is 14.8. The van der Waals surface area contributed by atoms with E-state index in [2.05, 4.69) is 29.4 Å². The van der Waals surface area contributed by atoms with E-state index in [-0.39, 0.29) is 24.3 Å². The van der Waals surface area contributed by atoms with Crippen LogP contribution >= 0.6 is 0 Å². The van der Waals surface area contributed by atoms with Crippen LogP contribution in [-0.2, 0) is 19.1 Å². The second kappa shape index (κ2) is 12.3. The van der Waals surface area contributed by atoms with E-state index in [4.69, 9.17) is 9.84 Å². The molecule has 3 heterocycles. The van der Waals surface area contributed by atoms with Crippen LogP contribution in [0.3, 0.4) is 0 Å². The number of aliphatic hydroxyl groups excluding tert-OH is 1. The van der Waals surface area contributed by atoms with Gasteiger partial charge >= 0.3 is 0 Å². The summed E-state index contributed by atoms with van der Waals surface area (Å²) in [7, 11) is 0. The van der Waals surface area contributed by atoms with Crippen LogP contribution in [0.2, 0.25) is 0 Å². The van der Waals surface area contributed by atoms with Gasteiger partial charge in [-0.2, -0.15) is 0 Å². The third-order valence-electron chi connectivity index (χ3n) is 8.93.